The van der Waals surface area contributed by atoms with Crippen LogP contribution in [0.1, 0.15) is 38.5 Å². The van der Waals surface area contributed by atoms with Gasteiger partial charge >= 0.3 is 6.03 Å². The number of urea groups is 1. The minimum atomic E-state index is -0.132. The van der Waals surface area contributed by atoms with Crippen LogP contribution in [-0.2, 0) is 4.79 Å². The molecule has 0 unspecified atom stereocenters. The van der Waals surface area contributed by atoms with Gasteiger partial charge in [-0.1, -0.05) is 37.1 Å². The summed E-state index contributed by atoms with van der Waals surface area (Å²) in [5, 5.41) is 9.08. The molecule has 2 bridgehead atoms. The second kappa shape index (κ2) is 10.6. The van der Waals surface area contributed by atoms with Gasteiger partial charge < -0.3 is 20.9 Å². The fourth-order valence-corrected chi connectivity index (χ4v) is 5.41. The molecule has 1 atom stereocenters. The molecule has 4 aliphatic rings. The van der Waals surface area contributed by atoms with Crippen LogP contribution in [0.3, 0.4) is 0 Å². The van der Waals surface area contributed by atoms with Crippen molar-refractivity contribution in [3.05, 3.63) is 48.5 Å². The quantitative estimate of drug-likeness (QED) is 0.570. The second-order valence-electron chi connectivity index (χ2n) is 9.47. The van der Waals surface area contributed by atoms with Crippen LogP contribution >= 0.6 is 12.4 Å². The Morgan fingerprint density at radius 3 is 1.82 bits per heavy atom. The van der Waals surface area contributed by atoms with E-state index >= 15 is 0 Å². The molecular formula is C26H33ClN4O2. The molecule has 3 saturated heterocycles. The van der Waals surface area contributed by atoms with E-state index < -0.39 is 0 Å². The van der Waals surface area contributed by atoms with Gasteiger partial charge in [-0.2, -0.15) is 0 Å². The number of hydrogen-bond donors (Lipinski definition) is 3. The Morgan fingerprint density at radius 2 is 1.30 bits per heavy atom. The summed E-state index contributed by atoms with van der Waals surface area (Å²) in [6.45, 7) is 3.18. The smallest absolute Gasteiger partial charge is 0.319 e. The zero-order valence-electron chi connectivity index (χ0n) is 18.9. The standard InChI is InChI=1S/C26H32N4O2.ClH/c31-25(24-17-30-15-13-20(24)14-16-30)27-22-9-5-18(6-10-22)19-7-11-23(12-8-19)29-26(32)28-21-3-1-2-4-21;/h5-12,20-21,24H,1-4,13-17H2,(H,27,31)(H2,28,29,32);1H/t24-;/m0./s1. The third-order valence-corrected chi connectivity index (χ3v) is 7.31. The lowest BCUT2D eigenvalue weighted by Gasteiger charge is -2.43. The van der Waals surface area contributed by atoms with Crippen LogP contribution in [0.15, 0.2) is 48.5 Å². The fraction of sp³-hybridized carbons (Fsp3) is 0.462. The van der Waals surface area contributed by atoms with Gasteiger partial charge in [0.15, 0.2) is 0 Å². The average Bonchev–Trinajstić information content (AvgIpc) is 3.34. The van der Waals surface area contributed by atoms with Crippen molar-refractivity contribution in [3.8, 4) is 11.1 Å². The minimum Gasteiger partial charge on any atom is -0.335 e. The van der Waals surface area contributed by atoms with Gasteiger partial charge in [0.25, 0.3) is 0 Å². The Bertz CT molecular complexity index is 949. The zero-order chi connectivity index (χ0) is 21.9. The molecule has 6 rings (SSSR count). The van der Waals surface area contributed by atoms with Crippen LogP contribution in [0.5, 0.6) is 0 Å². The first kappa shape index (κ1) is 23.6. The number of anilines is 2. The highest BCUT2D eigenvalue weighted by Gasteiger charge is 2.38. The molecule has 0 radical (unpaired) electrons. The predicted octanol–water partition coefficient (Wildman–Crippen LogP) is 5.12. The minimum absolute atomic E-state index is 0. The number of nitrogens with zero attached hydrogens (tertiary/aromatic N) is 1. The predicted molar refractivity (Wildman–Crippen MR) is 135 cm³/mol. The second-order valence-corrected chi connectivity index (χ2v) is 9.47. The van der Waals surface area contributed by atoms with Crippen LogP contribution in [0.2, 0.25) is 0 Å². The number of rotatable bonds is 5. The van der Waals surface area contributed by atoms with Crippen LogP contribution in [0, 0.1) is 11.8 Å². The molecule has 3 amide bonds. The summed E-state index contributed by atoms with van der Waals surface area (Å²) in [7, 11) is 0. The summed E-state index contributed by atoms with van der Waals surface area (Å²) < 4.78 is 0. The van der Waals surface area contributed by atoms with Crippen LogP contribution < -0.4 is 16.0 Å². The molecule has 0 aromatic heterocycles. The SMILES string of the molecule is Cl.O=C(Nc1ccc(-c2ccc(NC(=O)[C@H]3CN4CCC3CC4)cc2)cc1)NC1CCCC1. The zero-order valence-corrected chi connectivity index (χ0v) is 19.7. The first-order chi connectivity index (χ1) is 15.6. The first-order valence-corrected chi connectivity index (χ1v) is 12.0. The highest BCUT2D eigenvalue weighted by Crippen LogP contribution is 2.33. The van der Waals surface area contributed by atoms with Crippen molar-refractivity contribution in [1.29, 1.82) is 0 Å². The lowest BCUT2D eigenvalue weighted by molar-refractivity contribution is -0.125. The summed E-state index contributed by atoms with van der Waals surface area (Å²) in [6.07, 6.45) is 6.82. The van der Waals surface area contributed by atoms with Crippen molar-refractivity contribution >= 4 is 35.7 Å². The van der Waals surface area contributed by atoms with E-state index in [1.165, 1.54) is 12.8 Å². The molecule has 4 fully saturated rings. The summed E-state index contributed by atoms with van der Waals surface area (Å²) in [6, 6.07) is 16.0. The van der Waals surface area contributed by atoms with Gasteiger partial charge in [0.2, 0.25) is 5.91 Å². The van der Waals surface area contributed by atoms with Crippen LogP contribution in [0.4, 0.5) is 16.2 Å². The molecule has 1 saturated carbocycles. The molecular weight excluding hydrogens is 436 g/mol. The van der Waals surface area contributed by atoms with E-state index in [-0.39, 0.29) is 30.3 Å². The van der Waals surface area contributed by atoms with Gasteiger partial charge in [-0.15, -0.1) is 12.4 Å². The van der Waals surface area contributed by atoms with Crippen LogP contribution in [-0.4, -0.2) is 42.5 Å². The molecule has 3 N–H and O–H groups in total. The monoisotopic (exact) mass is 468 g/mol. The Hall–Kier alpha value is -2.57. The number of piperidine rings is 3. The number of amides is 3. The average molecular weight is 469 g/mol. The number of carbonyl (C=O) groups excluding carboxylic acids is 2. The first-order valence-electron chi connectivity index (χ1n) is 12.0. The molecule has 33 heavy (non-hydrogen) atoms. The third-order valence-electron chi connectivity index (χ3n) is 7.31. The molecule has 2 aromatic rings. The van der Waals surface area contributed by atoms with Crippen LogP contribution in [0.25, 0.3) is 11.1 Å². The van der Waals surface area contributed by atoms with Gasteiger partial charge in [-0.3, -0.25) is 4.79 Å². The van der Waals surface area contributed by atoms with Crippen molar-refractivity contribution in [2.24, 2.45) is 11.8 Å². The highest BCUT2D eigenvalue weighted by molar-refractivity contribution is 5.93. The Morgan fingerprint density at radius 1 is 0.758 bits per heavy atom. The van der Waals surface area contributed by atoms with E-state index in [2.05, 4.69) is 20.9 Å². The number of carbonyl (C=O) groups is 2. The van der Waals surface area contributed by atoms with Crippen molar-refractivity contribution in [3.63, 3.8) is 0 Å². The maximum atomic E-state index is 12.8. The van der Waals surface area contributed by atoms with Crippen molar-refractivity contribution in [2.45, 2.75) is 44.6 Å². The Labute approximate surface area is 201 Å². The Kier molecular flexibility index (Phi) is 7.56. The normalized spacial score (nSPS) is 24.1. The molecule has 6 nitrogen and oxygen atoms in total. The molecule has 1 aliphatic carbocycles. The highest BCUT2D eigenvalue weighted by atomic mass is 35.5. The van der Waals surface area contributed by atoms with E-state index in [1.807, 2.05) is 48.5 Å². The third kappa shape index (κ3) is 5.68. The molecule has 0 spiro atoms. The van der Waals surface area contributed by atoms with Gasteiger partial charge in [0.1, 0.15) is 0 Å². The lowest BCUT2D eigenvalue weighted by atomic mass is 9.78. The largest absolute Gasteiger partial charge is 0.335 e. The number of hydrogen-bond acceptors (Lipinski definition) is 3. The van der Waals surface area contributed by atoms with E-state index in [9.17, 15) is 9.59 Å². The summed E-state index contributed by atoms with van der Waals surface area (Å²) in [5.41, 5.74) is 3.78. The fourth-order valence-electron chi connectivity index (χ4n) is 5.41. The van der Waals surface area contributed by atoms with Crippen molar-refractivity contribution < 1.29 is 9.59 Å². The van der Waals surface area contributed by atoms with E-state index in [0.717, 1.165) is 67.8 Å². The van der Waals surface area contributed by atoms with E-state index in [0.29, 0.717) is 12.0 Å². The number of nitrogens with one attached hydrogen (secondary N) is 3. The molecule has 7 heteroatoms. The number of fused-ring (bicyclic) bond motifs is 3. The summed E-state index contributed by atoms with van der Waals surface area (Å²) in [4.78, 5) is 27.3. The van der Waals surface area contributed by atoms with E-state index in [4.69, 9.17) is 0 Å². The van der Waals surface area contributed by atoms with E-state index in [1.54, 1.807) is 0 Å². The van der Waals surface area contributed by atoms with Gasteiger partial charge in [0, 0.05) is 24.0 Å². The van der Waals surface area contributed by atoms with Crippen molar-refractivity contribution in [2.75, 3.05) is 30.3 Å². The molecule has 3 heterocycles. The summed E-state index contributed by atoms with van der Waals surface area (Å²) >= 11 is 0. The van der Waals surface area contributed by atoms with Gasteiger partial charge in [-0.05, 0) is 80.1 Å². The number of halogens is 1. The van der Waals surface area contributed by atoms with Crippen molar-refractivity contribution in [1.82, 2.24) is 10.2 Å². The molecule has 3 aliphatic heterocycles. The maximum absolute atomic E-state index is 12.8. The lowest BCUT2D eigenvalue weighted by Crippen LogP contribution is -2.51. The Balaban J connectivity index is 0.00000259. The van der Waals surface area contributed by atoms with Gasteiger partial charge in [0.05, 0.1) is 5.92 Å². The number of benzene rings is 2. The topological polar surface area (TPSA) is 73.5 Å². The maximum Gasteiger partial charge on any atom is 0.319 e. The molecule has 176 valence electrons. The molecule has 2 aromatic carbocycles. The summed E-state index contributed by atoms with van der Waals surface area (Å²) in [5.74, 6) is 0.799. The van der Waals surface area contributed by atoms with Gasteiger partial charge in [-0.25, -0.2) is 4.79 Å².